The molecule has 0 aliphatic heterocycles. The molecule has 0 aromatic rings. The third-order valence-electron chi connectivity index (χ3n) is 2.87. The van der Waals surface area contributed by atoms with Crippen molar-refractivity contribution in [3.8, 4) is 0 Å². The van der Waals surface area contributed by atoms with Gasteiger partial charge in [0, 0.05) is 0 Å². The monoisotopic (exact) mass is 186 g/mol. The van der Waals surface area contributed by atoms with E-state index >= 15 is 0 Å². The maximum atomic E-state index is 2.31. The lowest BCUT2D eigenvalue weighted by Gasteiger charge is -2.02. The van der Waals surface area contributed by atoms with Gasteiger partial charge in [-0.1, -0.05) is 73.6 Å². The minimum Gasteiger partial charge on any atom is -0.0654 e. The van der Waals surface area contributed by atoms with Crippen LogP contribution in [-0.2, 0) is 0 Å². The minimum absolute atomic E-state index is 0.935. The summed E-state index contributed by atoms with van der Waals surface area (Å²) in [6, 6.07) is 0. The molecule has 0 aromatic heterocycles. The summed E-state index contributed by atoms with van der Waals surface area (Å²) in [6.07, 6.45) is 6.74. The van der Waals surface area contributed by atoms with Gasteiger partial charge in [0.05, 0.1) is 0 Å². The topological polar surface area (TPSA) is 0 Å². The Kier molecular flexibility index (Phi) is 14.3. The fraction of sp³-hybridized carbons (Fsp3) is 1.00. The Morgan fingerprint density at radius 3 is 1.15 bits per heavy atom. The molecular weight excluding hydrogens is 156 g/mol. The Bertz CT molecular complexity index is 72.1. The van der Waals surface area contributed by atoms with Crippen LogP contribution in [-0.4, -0.2) is 0 Å². The average Bonchev–Trinajstić information content (AvgIpc) is 2.18. The minimum atomic E-state index is 0.935. The third kappa shape index (κ3) is 14.8. The third-order valence-corrected chi connectivity index (χ3v) is 2.87. The molecule has 0 radical (unpaired) electrons. The van der Waals surface area contributed by atoms with Crippen LogP contribution in [0.3, 0.4) is 0 Å². The molecule has 0 heterocycles. The predicted molar refractivity (Wildman–Crippen MR) is 64.1 cm³/mol. The molecule has 0 saturated heterocycles. The summed E-state index contributed by atoms with van der Waals surface area (Å²) in [7, 11) is 0. The summed E-state index contributed by atoms with van der Waals surface area (Å²) in [5.41, 5.74) is 0. The molecule has 0 bridgehead atoms. The van der Waals surface area contributed by atoms with Crippen LogP contribution >= 0.6 is 0 Å². The fourth-order valence-corrected chi connectivity index (χ4v) is 0.986. The molecule has 0 heteroatoms. The van der Waals surface area contributed by atoms with Gasteiger partial charge in [0.25, 0.3) is 0 Å². The van der Waals surface area contributed by atoms with Crippen molar-refractivity contribution < 1.29 is 0 Å². The van der Waals surface area contributed by atoms with Gasteiger partial charge in [0.2, 0.25) is 0 Å². The average molecular weight is 186 g/mol. The van der Waals surface area contributed by atoms with Crippen LogP contribution in [0.5, 0.6) is 0 Å². The summed E-state index contributed by atoms with van der Waals surface area (Å²) in [5, 5.41) is 0. The maximum absolute atomic E-state index is 2.31. The van der Waals surface area contributed by atoms with Crippen molar-refractivity contribution >= 4 is 0 Å². The van der Waals surface area contributed by atoms with E-state index in [0.29, 0.717) is 0 Å². The van der Waals surface area contributed by atoms with Crippen LogP contribution in [0.1, 0.15) is 73.6 Å². The van der Waals surface area contributed by atoms with E-state index in [1.165, 1.54) is 32.1 Å². The lowest BCUT2D eigenvalue weighted by atomic mass is 10.0. The molecule has 0 aliphatic carbocycles. The zero-order valence-corrected chi connectivity index (χ0v) is 10.7. The molecule has 0 amide bonds. The van der Waals surface area contributed by atoms with Gasteiger partial charge in [0.15, 0.2) is 0 Å². The molecule has 0 N–H and O–H groups in total. The highest BCUT2D eigenvalue weighted by molar-refractivity contribution is 4.45. The van der Waals surface area contributed by atoms with E-state index in [-0.39, 0.29) is 0 Å². The van der Waals surface area contributed by atoms with Crippen LogP contribution in [0.4, 0.5) is 0 Å². The summed E-state index contributed by atoms with van der Waals surface area (Å²) in [5.74, 6) is 1.88. The molecule has 0 rings (SSSR count). The van der Waals surface area contributed by atoms with E-state index in [1.54, 1.807) is 0 Å². The molecule has 0 aromatic carbocycles. The summed E-state index contributed by atoms with van der Waals surface area (Å²) >= 11 is 0. The van der Waals surface area contributed by atoms with Gasteiger partial charge < -0.3 is 0 Å². The summed E-state index contributed by atoms with van der Waals surface area (Å²) in [4.78, 5) is 0. The van der Waals surface area contributed by atoms with Crippen LogP contribution < -0.4 is 0 Å². The Morgan fingerprint density at radius 2 is 1.08 bits per heavy atom. The van der Waals surface area contributed by atoms with Gasteiger partial charge in [-0.25, -0.2) is 0 Å². The maximum Gasteiger partial charge on any atom is -0.0446 e. The Balaban J connectivity index is 0. The zero-order valence-electron chi connectivity index (χ0n) is 10.7. The SMILES string of the molecule is CCC(C)CC.CCCC(C)CC. The lowest BCUT2D eigenvalue weighted by Crippen LogP contribution is -1.88. The van der Waals surface area contributed by atoms with Gasteiger partial charge in [-0.3, -0.25) is 0 Å². The fourth-order valence-electron chi connectivity index (χ4n) is 0.986. The Morgan fingerprint density at radius 1 is 0.692 bits per heavy atom. The quantitative estimate of drug-likeness (QED) is 0.548. The van der Waals surface area contributed by atoms with E-state index in [4.69, 9.17) is 0 Å². The molecule has 0 spiro atoms. The van der Waals surface area contributed by atoms with Crippen LogP contribution in [0.25, 0.3) is 0 Å². The Labute approximate surface area is 86.1 Å². The van der Waals surface area contributed by atoms with E-state index in [0.717, 1.165) is 11.8 Å². The molecular formula is C13H30. The van der Waals surface area contributed by atoms with Crippen LogP contribution in [0, 0.1) is 11.8 Å². The summed E-state index contributed by atoms with van der Waals surface area (Å²) in [6.45, 7) is 13.5. The van der Waals surface area contributed by atoms with Crippen molar-refractivity contribution in [2.24, 2.45) is 11.8 Å². The first kappa shape index (κ1) is 15.5. The zero-order chi connectivity index (χ0) is 10.7. The van der Waals surface area contributed by atoms with Gasteiger partial charge >= 0.3 is 0 Å². The van der Waals surface area contributed by atoms with E-state index < -0.39 is 0 Å². The number of hydrogen-bond acceptors (Lipinski definition) is 0. The predicted octanol–water partition coefficient (Wildman–Crippen LogP) is 5.28. The molecule has 0 aliphatic rings. The highest BCUT2D eigenvalue weighted by Gasteiger charge is 1.92. The van der Waals surface area contributed by atoms with Crippen molar-refractivity contribution in [1.29, 1.82) is 0 Å². The first-order valence-corrected chi connectivity index (χ1v) is 6.12. The number of hydrogen-bond donors (Lipinski definition) is 0. The molecule has 0 fully saturated rings. The second-order valence-corrected chi connectivity index (χ2v) is 4.22. The van der Waals surface area contributed by atoms with E-state index in [2.05, 4.69) is 41.5 Å². The molecule has 82 valence electrons. The standard InChI is InChI=1S/C7H16.C6H14/c1-4-6-7(3)5-2;1-4-6(3)5-2/h7H,4-6H2,1-3H3;6H,4-5H2,1-3H3. The van der Waals surface area contributed by atoms with Gasteiger partial charge in [-0.15, -0.1) is 0 Å². The Hall–Kier alpha value is 0. The molecule has 0 nitrogen and oxygen atoms in total. The van der Waals surface area contributed by atoms with Crippen LogP contribution in [0.2, 0.25) is 0 Å². The number of rotatable bonds is 5. The highest BCUT2D eigenvalue weighted by atomic mass is 14.0. The van der Waals surface area contributed by atoms with Crippen LogP contribution in [0.15, 0.2) is 0 Å². The summed E-state index contributed by atoms with van der Waals surface area (Å²) < 4.78 is 0. The van der Waals surface area contributed by atoms with Crippen molar-refractivity contribution in [1.82, 2.24) is 0 Å². The second-order valence-electron chi connectivity index (χ2n) is 4.22. The van der Waals surface area contributed by atoms with E-state index in [1.807, 2.05) is 0 Å². The van der Waals surface area contributed by atoms with E-state index in [9.17, 15) is 0 Å². The smallest absolute Gasteiger partial charge is 0.0446 e. The second kappa shape index (κ2) is 12.0. The van der Waals surface area contributed by atoms with Gasteiger partial charge in [0.1, 0.15) is 0 Å². The molecule has 1 unspecified atom stereocenters. The first-order chi connectivity index (χ1) is 6.12. The van der Waals surface area contributed by atoms with Crippen molar-refractivity contribution in [2.45, 2.75) is 73.6 Å². The normalized spacial score (nSPS) is 12.2. The van der Waals surface area contributed by atoms with Gasteiger partial charge in [-0.05, 0) is 11.8 Å². The molecule has 13 heavy (non-hydrogen) atoms. The van der Waals surface area contributed by atoms with Crippen molar-refractivity contribution in [3.05, 3.63) is 0 Å². The van der Waals surface area contributed by atoms with Gasteiger partial charge in [-0.2, -0.15) is 0 Å². The largest absolute Gasteiger partial charge is 0.0654 e. The van der Waals surface area contributed by atoms with Crippen molar-refractivity contribution in [2.75, 3.05) is 0 Å². The molecule has 0 saturated carbocycles. The lowest BCUT2D eigenvalue weighted by molar-refractivity contribution is 0.509. The molecule has 1 atom stereocenters. The van der Waals surface area contributed by atoms with Crippen molar-refractivity contribution in [3.63, 3.8) is 0 Å². The first-order valence-electron chi connectivity index (χ1n) is 6.12. The highest BCUT2D eigenvalue weighted by Crippen LogP contribution is 2.07.